The van der Waals surface area contributed by atoms with E-state index in [4.69, 9.17) is 19.4 Å². The number of carbonyl (C=O) groups excluding carboxylic acids is 2. The summed E-state index contributed by atoms with van der Waals surface area (Å²) in [6.07, 6.45) is 1.70. The Morgan fingerprint density at radius 3 is 2.65 bits per heavy atom. The summed E-state index contributed by atoms with van der Waals surface area (Å²) in [7, 11) is 0. The Labute approximate surface area is 198 Å². The molecule has 3 aromatic rings. The molecule has 3 N–H and O–H groups in total. The van der Waals surface area contributed by atoms with Crippen LogP contribution in [0.2, 0.25) is 0 Å². The average molecular weight is 466 g/mol. The molecule has 9 nitrogen and oxygen atoms in total. The van der Waals surface area contributed by atoms with E-state index in [0.29, 0.717) is 23.0 Å². The number of rotatable bonds is 7. The molecule has 180 valence electrons. The number of aromatic amines is 1. The number of anilines is 1. The maximum absolute atomic E-state index is 12.7. The van der Waals surface area contributed by atoms with Crippen LogP contribution in [0.5, 0.6) is 0 Å². The third-order valence-electron chi connectivity index (χ3n) is 5.28. The molecule has 0 atom stereocenters. The molecule has 0 saturated heterocycles. The zero-order valence-electron chi connectivity index (χ0n) is 20.2. The summed E-state index contributed by atoms with van der Waals surface area (Å²) in [5.74, 6) is 0.302. The minimum Gasteiger partial charge on any atom is -0.462 e. The lowest BCUT2D eigenvalue weighted by Gasteiger charge is -2.19. The van der Waals surface area contributed by atoms with Crippen molar-refractivity contribution in [3.05, 3.63) is 41.2 Å². The number of esters is 1. The minimum atomic E-state index is -0.624. The first-order valence-electron chi connectivity index (χ1n) is 11.5. The normalized spacial score (nSPS) is 13.6. The number of aryl methyl sites for hydroxylation is 1. The van der Waals surface area contributed by atoms with Crippen molar-refractivity contribution in [1.29, 1.82) is 0 Å². The Bertz CT molecular complexity index is 1220. The molecule has 9 heteroatoms. The van der Waals surface area contributed by atoms with E-state index in [-0.39, 0.29) is 13.2 Å². The number of hydrogen-bond acceptors (Lipinski definition) is 7. The van der Waals surface area contributed by atoms with Crippen LogP contribution in [0.15, 0.2) is 24.3 Å². The van der Waals surface area contributed by atoms with Gasteiger partial charge in [0.15, 0.2) is 0 Å². The van der Waals surface area contributed by atoms with Gasteiger partial charge >= 0.3 is 12.1 Å². The second-order valence-electron chi connectivity index (χ2n) is 9.40. The van der Waals surface area contributed by atoms with Gasteiger partial charge in [-0.3, -0.25) is 0 Å². The van der Waals surface area contributed by atoms with Gasteiger partial charge in [0.2, 0.25) is 0 Å². The van der Waals surface area contributed by atoms with E-state index < -0.39 is 17.7 Å². The zero-order valence-corrected chi connectivity index (χ0v) is 20.2. The Morgan fingerprint density at radius 2 is 1.97 bits per heavy atom. The van der Waals surface area contributed by atoms with Crippen LogP contribution in [0, 0.1) is 6.92 Å². The first-order valence-corrected chi connectivity index (χ1v) is 11.5. The van der Waals surface area contributed by atoms with E-state index in [1.54, 1.807) is 33.8 Å². The van der Waals surface area contributed by atoms with E-state index in [9.17, 15) is 9.59 Å². The summed E-state index contributed by atoms with van der Waals surface area (Å²) < 4.78 is 10.5. The van der Waals surface area contributed by atoms with Crippen LogP contribution in [0.4, 0.5) is 10.6 Å². The number of nitrogens with one attached hydrogen (secondary N) is 3. The quantitative estimate of drug-likeness (QED) is 0.433. The number of ether oxygens (including phenoxy) is 2. The molecule has 4 rings (SSSR count). The summed E-state index contributed by atoms with van der Waals surface area (Å²) in [4.78, 5) is 37.7. The highest BCUT2D eigenvalue weighted by Gasteiger charge is 2.24. The van der Waals surface area contributed by atoms with Gasteiger partial charge in [0, 0.05) is 23.0 Å². The summed E-state index contributed by atoms with van der Waals surface area (Å²) in [5.41, 5.74) is 4.06. The molecule has 0 unspecified atom stereocenters. The summed E-state index contributed by atoms with van der Waals surface area (Å²) in [5, 5.41) is 6.14. The van der Waals surface area contributed by atoms with Gasteiger partial charge in [0.1, 0.15) is 16.9 Å². The number of benzene rings is 1. The van der Waals surface area contributed by atoms with Crippen molar-refractivity contribution in [3.8, 4) is 11.3 Å². The third kappa shape index (κ3) is 5.47. The largest absolute Gasteiger partial charge is 0.462 e. The molecule has 1 fully saturated rings. The number of aromatic nitrogens is 3. The SMILES string of the molecule is CCOC(=O)c1cc(-c2cccc3nc(C)c(NC4CC4)nc23)[nH]c1CNC(=O)OC(C)(C)C. The maximum atomic E-state index is 12.7. The van der Waals surface area contributed by atoms with Gasteiger partial charge in [-0.25, -0.2) is 19.6 Å². The number of para-hydroxylation sites is 1. The van der Waals surface area contributed by atoms with Gasteiger partial charge in [-0.2, -0.15) is 0 Å². The number of alkyl carbamates (subject to hydrolysis) is 1. The fraction of sp³-hybridized carbons (Fsp3) is 0.440. The summed E-state index contributed by atoms with van der Waals surface area (Å²) in [6.45, 7) is 9.39. The highest BCUT2D eigenvalue weighted by molar-refractivity contribution is 5.96. The molecule has 1 aliphatic rings. The Kier molecular flexibility index (Phi) is 6.45. The standard InChI is InChI=1S/C25H31N5O4/c1-6-33-23(31)17-12-19(29-20(17)13-26-24(32)34-25(3,4)5)16-8-7-9-18-21(16)30-22(14(2)27-18)28-15-10-11-15/h7-9,12,15,29H,6,10-11,13H2,1-5H3,(H,26,32)(H,28,30). The molecule has 1 aromatic carbocycles. The number of H-pyrrole nitrogens is 1. The first kappa shape index (κ1) is 23.5. The van der Waals surface area contributed by atoms with Crippen LogP contribution in [-0.4, -0.2) is 45.3 Å². The number of carbonyl (C=O) groups is 2. The average Bonchev–Trinajstić information content (AvgIpc) is 3.47. The van der Waals surface area contributed by atoms with Gasteiger partial charge in [-0.15, -0.1) is 0 Å². The van der Waals surface area contributed by atoms with Gasteiger partial charge in [-0.1, -0.05) is 12.1 Å². The van der Waals surface area contributed by atoms with Crippen molar-refractivity contribution in [2.75, 3.05) is 11.9 Å². The Morgan fingerprint density at radius 1 is 1.21 bits per heavy atom. The predicted molar refractivity (Wildman–Crippen MR) is 130 cm³/mol. The van der Waals surface area contributed by atoms with E-state index in [2.05, 4.69) is 15.6 Å². The number of nitrogens with zero attached hydrogens (tertiary/aromatic N) is 2. The van der Waals surface area contributed by atoms with Crippen LogP contribution in [0.3, 0.4) is 0 Å². The third-order valence-corrected chi connectivity index (χ3v) is 5.28. The van der Waals surface area contributed by atoms with Crippen molar-refractivity contribution in [2.24, 2.45) is 0 Å². The first-order chi connectivity index (χ1) is 16.1. The molecule has 1 saturated carbocycles. The molecule has 0 bridgehead atoms. The Hall–Kier alpha value is -3.62. The van der Waals surface area contributed by atoms with Crippen molar-refractivity contribution in [2.45, 2.75) is 65.6 Å². The van der Waals surface area contributed by atoms with Crippen LogP contribution >= 0.6 is 0 Å². The van der Waals surface area contributed by atoms with Crippen molar-refractivity contribution in [1.82, 2.24) is 20.3 Å². The highest BCUT2D eigenvalue weighted by Crippen LogP contribution is 2.31. The fourth-order valence-electron chi connectivity index (χ4n) is 3.59. The second kappa shape index (κ2) is 9.32. The lowest BCUT2D eigenvalue weighted by atomic mass is 10.1. The molecule has 0 aliphatic heterocycles. The second-order valence-corrected chi connectivity index (χ2v) is 9.40. The lowest BCUT2D eigenvalue weighted by molar-refractivity contribution is 0.0502. The molecule has 2 heterocycles. The van der Waals surface area contributed by atoms with Crippen LogP contribution < -0.4 is 10.6 Å². The highest BCUT2D eigenvalue weighted by atomic mass is 16.6. The number of hydrogen-bond donors (Lipinski definition) is 3. The summed E-state index contributed by atoms with van der Waals surface area (Å²) in [6, 6.07) is 7.93. The summed E-state index contributed by atoms with van der Waals surface area (Å²) >= 11 is 0. The molecule has 2 aromatic heterocycles. The molecular formula is C25H31N5O4. The van der Waals surface area contributed by atoms with Gasteiger partial charge in [0.05, 0.1) is 29.9 Å². The number of amides is 1. The lowest BCUT2D eigenvalue weighted by Crippen LogP contribution is -2.32. The van der Waals surface area contributed by atoms with Crippen LogP contribution in [-0.2, 0) is 16.0 Å². The van der Waals surface area contributed by atoms with Crippen molar-refractivity contribution in [3.63, 3.8) is 0 Å². The van der Waals surface area contributed by atoms with Crippen molar-refractivity contribution < 1.29 is 19.1 Å². The predicted octanol–water partition coefficient (Wildman–Crippen LogP) is 4.71. The monoisotopic (exact) mass is 465 g/mol. The van der Waals surface area contributed by atoms with Crippen LogP contribution in [0.25, 0.3) is 22.3 Å². The fourth-order valence-corrected chi connectivity index (χ4v) is 3.59. The van der Waals surface area contributed by atoms with E-state index in [1.807, 2.05) is 25.1 Å². The van der Waals surface area contributed by atoms with Crippen molar-refractivity contribution >= 4 is 28.9 Å². The molecule has 34 heavy (non-hydrogen) atoms. The minimum absolute atomic E-state index is 0.0765. The molecule has 0 spiro atoms. The molecule has 1 amide bonds. The van der Waals surface area contributed by atoms with E-state index in [0.717, 1.165) is 41.0 Å². The smallest absolute Gasteiger partial charge is 0.407 e. The Balaban J connectivity index is 1.70. The van der Waals surface area contributed by atoms with Gasteiger partial charge in [0.25, 0.3) is 0 Å². The van der Waals surface area contributed by atoms with E-state index >= 15 is 0 Å². The van der Waals surface area contributed by atoms with E-state index in [1.165, 1.54) is 0 Å². The molecule has 1 aliphatic carbocycles. The zero-order chi connectivity index (χ0) is 24.5. The van der Waals surface area contributed by atoms with Gasteiger partial charge in [-0.05, 0) is 59.6 Å². The van der Waals surface area contributed by atoms with Crippen LogP contribution in [0.1, 0.15) is 62.3 Å². The number of fused-ring (bicyclic) bond motifs is 1. The maximum Gasteiger partial charge on any atom is 0.407 e. The molecular weight excluding hydrogens is 434 g/mol. The molecule has 0 radical (unpaired) electrons. The van der Waals surface area contributed by atoms with Gasteiger partial charge < -0.3 is 25.1 Å². The topological polar surface area (TPSA) is 118 Å².